The first-order valence-corrected chi connectivity index (χ1v) is 6.16. The van der Waals surface area contributed by atoms with Gasteiger partial charge in [0.2, 0.25) is 0 Å². The van der Waals surface area contributed by atoms with Gasteiger partial charge in [-0.05, 0) is 43.8 Å². The molecule has 98 valence electrons. The third-order valence-electron chi connectivity index (χ3n) is 3.25. The summed E-state index contributed by atoms with van der Waals surface area (Å²) in [5, 5.41) is 12.0. The molecule has 0 bridgehead atoms. The number of nitriles is 1. The second-order valence-electron chi connectivity index (χ2n) is 4.50. The summed E-state index contributed by atoms with van der Waals surface area (Å²) >= 11 is 0. The summed E-state index contributed by atoms with van der Waals surface area (Å²) in [6, 6.07) is 10.8. The van der Waals surface area contributed by atoms with Crippen molar-refractivity contribution in [3.63, 3.8) is 0 Å². The van der Waals surface area contributed by atoms with Crippen molar-refractivity contribution < 1.29 is 4.39 Å². The molecule has 19 heavy (non-hydrogen) atoms. The van der Waals surface area contributed by atoms with Crippen LogP contribution in [0.25, 0.3) is 0 Å². The Labute approximate surface area is 112 Å². The Bertz CT molecular complexity index is 610. The second kappa shape index (κ2) is 5.68. The minimum absolute atomic E-state index is 0.0906. The molecule has 1 unspecified atom stereocenters. The van der Waals surface area contributed by atoms with Crippen LogP contribution in [0.4, 0.5) is 4.39 Å². The van der Waals surface area contributed by atoms with E-state index < -0.39 is 5.82 Å². The molecule has 1 atom stereocenters. The highest BCUT2D eigenvalue weighted by molar-refractivity contribution is 5.34. The first-order chi connectivity index (χ1) is 9.15. The van der Waals surface area contributed by atoms with Crippen molar-refractivity contribution in [3.05, 3.63) is 59.2 Å². The summed E-state index contributed by atoms with van der Waals surface area (Å²) in [6.07, 6.45) is 1.98. The lowest BCUT2D eigenvalue weighted by Gasteiger charge is -2.15. The number of rotatable bonds is 4. The summed E-state index contributed by atoms with van der Waals surface area (Å²) < 4.78 is 15.4. The lowest BCUT2D eigenvalue weighted by atomic mass is 10.1. The maximum atomic E-state index is 13.3. The number of benzene rings is 1. The highest BCUT2D eigenvalue weighted by atomic mass is 19.1. The topological polar surface area (TPSA) is 40.8 Å². The van der Waals surface area contributed by atoms with Gasteiger partial charge in [-0.3, -0.25) is 0 Å². The first-order valence-electron chi connectivity index (χ1n) is 6.16. The van der Waals surface area contributed by atoms with Gasteiger partial charge in [0.15, 0.2) is 0 Å². The van der Waals surface area contributed by atoms with Crippen LogP contribution < -0.4 is 5.32 Å². The van der Waals surface area contributed by atoms with Crippen molar-refractivity contribution in [2.24, 2.45) is 0 Å². The molecular formula is C15H16FN3. The van der Waals surface area contributed by atoms with Crippen LogP contribution in [-0.4, -0.2) is 11.6 Å². The fraction of sp³-hybridized carbons (Fsp3) is 0.267. The van der Waals surface area contributed by atoms with E-state index in [1.54, 1.807) is 12.1 Å². The highest BCUT2D eigenvalue weighted by Gasteiger charge is 2.09. The fourth-order valence-electron chi connectivity index (χ4n) is 2.07. The third-order valence-corrected chi connectivity index (χ3v) is 3.25. The second-order valence-corrected chi connectivity index (χ2v) is 4.50. The van der Waals surface area contributed by atoms with Crippen LogP contribution in [0.3, 0.4) is 0 Å². The SMILES string of the molecule is CNC(C)c1cccn1Cc1ccc(F)c(C#N)c1. The molecule has 0 aliphatic heterocycles. The smallest absolute Gasteiger partial charge is 0.140 e. The molecule has 3 nitrogen and oxygen atoms in total. The minimum Gasteiger partial charge on any atom is -0.346 e. The third kappa shape index (κ3) is 2.83. The molecule has 1 aromatic carbocycles. The van der Waals surface area contributed by atoms with E-state index in [9.17, 15) is 4.39 Å². The monoisotopic (exact) mass is 257 g/mol. The van der Waals surface area contributed by atoms with E-state index in [1.165, 1.54) is 6.07 Å². The van der Waals surface area contributed by atoms with Crippen LogP contribution in [0, 0.1) is 17.1 Å². The molecule has 1 aromatic heterocycles. The lowest BCUT2D eigenvalue weighted by Crippen LogP contribution is -2.17. The predicted molar refractivity (Wildman–Crippen MR) is 72.1 cm³/mol. The molecule has 4 heteroatoms. The molecule has 0 saturated carbocycles. The summed E-state index contributed by atoms with van der Waals surface area (Å²) in [4.78, 5) is 0. The Morgan fingerprint density at radius 3 is 2.89 bits per heavy atom. The normalized spacial score (nSPS) is 12.1. The highest BCUT2D eigenvalue weighted by Crippen LogP contribution is 2.16. The molecule has 0 amide bonds. The zero-order valence-corrected chi connectivity index (χ0v) is 11.0. The van der Waals surface area contributed by atoms with Crippen LogP contribution in [0.15, 0.2) is 36.5 Å². The predicted octanol–water partition coefficient (Wildman–Crippen LogP) is 2.83. The van der Waals surface area contributed by atoms with E-state index in [4.69, 9.17) is 5.26 Å². The van der Waals surface area contributed by atoms with Gasteiger partial charge in [-0.25, -0.2) is 4.39 Å². The van der Waals surface area contributed by atoms with Crippen molar-refractivity contribution in [2.75, 3.05) is 7.05 Å². The summed E-state index contributed by atoms with van der Waals surface area (Å²) in [7, 11) is 1.91. The van der Waals surface area contributed by atoms with Gasteiger partial charge in [-0.15, -0.1) is 0 Å². The van der Waals surface area contributed by atoms with Crippen molar-refractivity contribution in [3.8, 4) is 6.07 Å². The molecule has 1 heterocycles. The Morgan fingerprint density at radius 2 is 2.21 bits per heavy atom. The van der Waals surface area contributed by atoms with Crippen LogP contribution in [0.5, 0.6) is 0 Å². The van der Waals surface area contributed by atoms with Gasteiger partial charge in [0.1, 0.15) is 11.9 Å². The maximum Gasteiger partial charge on any atom is 0.140 e. The quantitative estimate of drug-likeness (QED) is 0.915. The average molecular weight is 257 g/mol. The molecule has 1 N–H and O–H groups in total. The van der Waals surface area contributed by atoms with Gasteiger partial charge >= 0.3 is 0 Å². The Hall–Kier alpha value is -2.12. The number of nitrogens with zero attached hydrogens (tertiary/aromatic N) is 2. The molecule has 0 spiro atoms. The maximum absolute atomic E-state index is 13.3. The van der Waals surface area contributed by atoms with Gasteiger partial charge in [-0.2, -0.15) is 5.26 Å². The van der Waals surface area contributed by atoms with Crippen LogP contribution in [0.2, 0.25) is 0 Å². The summed E-state index contributed by atoms with van der Waals surface area (Å²) in [5.74, 6) is -0.470. The zero-order chi connectivity index (χ0) is 13.8. The van der Waals surface area contributed by atoms with E-state index in [2.05, 4.69) is 22.9 Å². The molecular weight excluding hydrogens is 241 g/mol. The van der Waals surface area contributed by atoms with Gasteiger partial charge in [0, 0.05) is 24.5 Å². The van der Waals surface area contributed by atoms with E-state index in [0.717, 1.165) is 11.3 Å². The number of aromatic nitrogens is 1. The van der Waals surface area contributed by atoms with E-state index in [0.29, 0.717) is 6.54 Å². The fourth-order valence-corrected chi connectivity index (χ4v) is 2.07. The number of hydrogen-bond donors (Lipinski definition) is 1. The van der Waals surface area contributed by atoms with Crippen molar-refractivity contribution in [1.82, 2.24) is 9.88 Å². The average Bonchev–Trinajstić information content (AvgIpc) is 2.88. The molecule has 0 aliphatic rings. The minimum atomic E-state index is -0.470. The number of nitrogens with one attached hydrogen (secondary N) is 1. The number of hydrogen-bond acceptors (Lipinski definition) is 2. The Kier molecular flexibility index (Phi) is 3.98. The molecule has 0 radical (unpaired) electrons. The molecule has 0 saturated heterocycles. The van der Waals surface area contributed by atoms with Crippen LogP contribution >= 0.6 is 0 Å². The van der Waals surface area contributed by atoms with Gasteiger partial charge in [0.25, 0.3) is 0 Å². The molecule has 0 fully saturated rings. The van der Waals surface area contributed by atoms with Gasteiger partial charge in [-0.1, -0.05) is 6.07 Å². The Morgan fingerprint density at radius 1 is 1.42 bits per heavy atom. The van der Waals surface area contributed by atoms with Crippen molar-refractivity contribution in [2.45, 2.75) is 19.5 Å². The molecule has 2 aromatic rings. The molecule has 2 rings (SSSR count). The van der Waals surface area contributed by atoms with Crippen molar-refractivity contribution >= 4 is 0 Å². The van der Waals surface area contributed by atoms with Crippen LogP contribution in [-0.2, 0) is 6.54 Å². The Balaban J connectivity index is 2.27. The van der Waals surface area contributed by atoms with E-state index >= 15 is 0 Å². The van der Waals surface area contributed by atoms with Gasteiger partial charge in [0.05, 0.1) is 5.56 Å². The van der Waals surface area contributed by atoms with Crippen molar-refractivity contribution in [1.29, 1.82) is 5.26 Å². The standard InChI is InChI=1S/C15H16FN3/c1-11(18-2)15-4-3-7-19(15)10-12-5-6-14(16)13(8-12)9-17/h3-8,11,18H,10H2,1-2H3. The largest absolute Gasteiger partial charge is 0.346 e. The lowest BCUT2D eigenvalue weighted by molar-refractivity contribution is 0.588. The summed E-state index contributed by atoms with van der Waals surface area (Å²) in [5.41, 5.74) is 2.16. The summed E-state index contributed by atoms with van der Waals surface area (Å²) in [6.45, 7) is 2.71. The van der Waals surface area contributed by atoms with Gasteiger partial charge < -0.3 is 9.88 Å². The van der Waals surface area contributed by atoms with E-state index in [1.807, 2.05) is 25.4 Å². The first kappa shape index (κ1) is 13.3. The molecule has 0 aliphatic carbocycles. The zero-order valence-electron chi connectivity index (χ0n) is 11.0. The van der Waals surface area contributed by atoms with Crippen LogP contribution in [0.1, 0.15) is 29.8 Å². The van der Waals surface area contributed by atoms with E-state index in [-0.39, 0.29) is 11.6 Å². The number of halogens is 1.